The van der Waals surface area contributed by atoms with Crippen molar-refractivity contribution in [1.29, 1.82) is 0 Å². The summed E-state index contributed by atoms with van der Waals surface area (Å²) in [6.07, 6.45) is 6.35. The number of aryl methyl sites for hydroxylation is 1. The Labute approximate surface area is 141 Å². The van der Waals surface area contributed by atoms with E-state index in [0.717, 1.165) is 29.8 Å². The lowest BCUT2D eigenvalue weighted by atomic mass is 10.1. The summed E-state index contributed by atoms with van der Waals surface area (Å²) in [6, 6.07) is 0.918. The van der Waals surface area contributed by atoms with Crippen molar-refractivity contribution in [2.24, 2.45) is 11.8 Å². The number of nitrogens with one attached hydrogen (secondary N) is 2. The summed E-state index contributed by atoms with van der Waals surface area (Å²) < 4.78 is 0. The number of carbonyl (C=O) groups excluding carboxylic acids is 1. The predicted octanol–water partition coefficient (Wildman–Crippen LogP) is 2.69. The molecule has 126 valence electrons. The van der Waals surface area contributed by atoms with E-state index in [1.165, 1.54) is 38.6 Å². The van der Waals surface area contributed by atoms with E-state index in [4.69, 9.17) is 0 Å². The van der Waals surface area contributed by atoms with Gasteiger partial charge in [0.25, 0.3) is 0 Å². The van der Waals surface area contributed by atoms with E-state index in [0.29, 0.717) is 11.8 Å². The van der Waals surface area contributed by atoms with Crippen molar-refractivity contribution in [3.8, 4) is 0 Å². The summed E-state index contributed by atoms with van der Waals surface area (Å²) in [5.74, 6) is 1.19. The molecule has 3 aliphatic rings. The van der Waals surface area contributed by atoms with Crippen molar-refractivity contribution in [1.82, 2.24) is 20.5 Å². The topological polar surface area (TPSA) is 57.3 Å². The van der Waals surface area contributed by atoms with Crippen LogP contribution in [-0.2, 0) is 0 Å². The maximum Gasteiger partial charge on any atom is 0.315 e. The van der Waals surface area contributed by atoms with Gasteiger partial charge in [-0.05, 0) is 57.4 Å². The van der Waals surface area contributed by atoms with Gasteiger partial charge in [0.05, 0.1) is 6.04 Å². The molecule has 1 aliphatic heterocycles. The number of hydrogen-bond donors (Lipinski definition) is 2. The first kappa shape index (κ1) is 15.4. The van der Waals surface area contributed by atoms with Gasteiger partial charge in [0, 0.05) is 30.2 Å². The van der Waals surface area contributed by atoms with Crippen molar-refractivity contribution in [3.63, 3.8) is 0 Å². The van der Waals surface area contributed by atoms with Crippen molar-refractivity contribution in [2.75, 3.05) is 19.6 Å². The molecule has 2 atom stereocenters. The standard InChI is InChI=1S/C17H26N4OS/c1-11-10-23-16(19-11)15(13-2-3-13)20-17(22)18-8-12-6-7-21(9-12)14-4-5-14/h10,12-15H,2-9H2,1H3,(H2,18,20,22)/t12-,15-/m1/s1. The number of aromatic nitrogens is 1. The zero-order valence-electron chi connectivity index (χ0n) is 13.8. The van der Waals surface area contributed by atoms with Crippen LogP contribution in [0.15, 0.2) is 5.38 Å². The molecule has 0 unspecified atom stereocenters. The Morgan fingerprint density at radius 3 is 2.87 bits per heavy atom. The minimum atomic E-state index is -0.0281. The van der Waals surface area contributed by atoms with Crippen molar-refractivity contribution < 1.29 is 4.79 Å². The highest BCUT2D eigenvalue weighted by atomic mass is 32.1. The Morgan fingerprint density at radius 1 is 1.39 bits per heavy atom. The third-order valence-electron chi connectivity index (χ3n) is 5.21. The van der Waals surface area contributed by atoms with E-state index >= 15 is 0 Å². The lowest BCUT2D eigenvalue weighted by Gasteiger charge is -2.18. The summed E-state index contributed by atoms with van der Waals surface area (Å²) in [5, 5.41) is 9.38. The van der Waals surface area contributed by atoms with Crippen LogP contribution in [0.5, 0.6) is 0 Å². The summed E-state index contributed by atoms with van der Waals surface area (Å²) in [7, 11) is 0. The molecule has 0 aromatic carbocycles. The van der Waals surface area contributed by atoms with Gasteiger partial charge in [-0.1, -0.05) is 0 Å². The van der Waals surface area contributed by atoms with Gasteiger partial charge in [-0.2, -0.15) is 0 Å². The van der Waals surface area contributed by atoms with Gasteiger partial charge < -0.3 is 15.5 Å². The van der Waals surface area contributed by atoms with Crippen LogP contribution < -0.4 is 10.6 Å². The number of hydrogen-bond acceptors (Lipinski definition) is 4. The smallest absolute Gasteiger partial charge is 0.315 e. The van der Waals surface area contributed by atoms with Crippen molar-refractivity contribution >= 4 is 17.4 Å². The number of nitrogens with zero attached hydrogens (tertiary/aromatic N) is 2. The zero-order valence-corrected chi connectivity index (χ0v) is 14.6. The van der Waals surface area contributed by atoms with E-state index in [1.807, 2.05) is 6.92 Å². The Balaban J connectivity index is 1.25. The van der Waals surface area contributed by atoms with E-state index in [-0.39, 0.29) is 12.1 Å². The molecule has 1 saturated heterocycles. The maximum absolute atomic E-state index is 12.3. The number of carbonyl (C=O) groups is 1. The minimum Gasteiger partial charge on any atom is -0.338 e. The second-order valence-electron chi connectivity index (χ2n) is 7.38. The van der Waals surface area contributed by atoms with E-state index in [1.54, 1.807) is 11.3 Å². The molecule has 0 spiro atoms. The Hall–Kier alpha value is -1.14. The molecule has 2 aliphatic carbocycles. The average molecular weight is 334 g/mol. The van der Waals surface area contributed by atoms with Gasteiger partial charge in [0.1, 0.15) is 5.01 Å². The highest BCUT2D eigenvalue weighted by molar-refractivity contribution is 7.09. The fraction of sp³-hybridized carbons (Fsp3) is 0.765. The summed E-state index contributed by atoms with van der Waals surface area (Å²) >= 11 is 1.66. The summed E-state index contributed by atoms with van der Waals surface area (Å²) in [4.78, 5) is 19.5. The van der Waals surface area contributed by atoms with Crippen LogP contribution >= 0.6 is 11.3 Å². The molecule has 5 nitrogen and oxygen atoms in total. The quantitative estimate of drug-likeness (QED) is 0.841. The van der Waals surface area contributed by atoms with E-state index in [2.05, 4.69) is 25.9 Å². The molecule has 1 aromatic rings. The molecule has 1 aromatic heterocycles. The number of urea groups is 1. The van der Waals surface area contributed by atoms with Crippen LogP contribution in [0, 0.1) is 18.8 Å². The van der Waals surface area contributed by atoms with Crippen LogP contribution in [-0.4, -0.2) is 41.6 Å². The number of thiazole rings is 1. The minimum absolute atomic E-state index is 0.0281. The second kappa shape index (κ2) is 6.40. The fourth-order valence-corrected chi connectivity index (χ4v) is 4.49. The van der Waals surface area contributed by atoms with Gasteiger partial charge in [-0.3, -0.25) is 0 Å². The molecule has 2 amide bonds. The van der Waals surface area contributed by atoms with Crippen LogP contribution in [0.1, 0.15) is 48.8 Å². The third kappa shape index (κ3) is 3.86. The molecule has 0 bridgehead atoms. The lowest BCUT2D eigenvalue weighted by Crippen LogP contribution is -2.41. The highest BCUT2D eigenvalue weighted by Gasteiger charge is 2.36. The van der Waals surface area contributed by atoms with E-state index in [9.17, 15) is 4.79 Å². The van der Waals surface area contributed by atoms with Gasteiger partial charge in [-0.15, -0.1) is 11.3 Å². The van der Waals surface area contributed by atoms with Crippen molar-refractivity contribution in [3.05, 3.63) is 16.1 Å². The first-order chi connectivity index (χ1) is 11.2. The maximum atomic E-state index is 12.3. The number of likely N-dealkylation sites (tertiary alicyclic amines) is 1. The van der Waals surface area contributed by atoms with Gasteiger partial charge in [0.2, 0.25) is 0 Å². The van der Waals surface area contributed by atoms with Crippen LogP contribution in [0.4, 0.5) is 4.79 Å². The summed E-state index contributed by atoms with van der Waals surface area (Å²) in [5.41, 5.74) is 1.05. The number of amides is 2. The van der Waals surface area contributed by atoms with Crippen LogP contribution in [0.2, 0.25) is 0 Å². The first-order valence-electron chi connectivity index (χ1n) is 8.89. The third-order valence-corrected chi connectivity index (χ3v) is 6.26. The first-order valence-corrected chi connectivity index (χ1v) is 9.77. The second-order valence-corrected chi connectivity index (χ2v) is 8.27. The molecule has 2 heterocycles. The normalized spacial score (nSPS) is 26.2. The lowest BCUT2D eigenvalue weighted by molar-refractivity contribution is 0.233. The monoisotopic (exact) mass is 334 g/mol. The van der Waals surface area contributed by atoms with Crippen molar-refractivity contribution in [2.45, 2.75) is 51.1 Å². The Bertz CT molecular complexity index is 567. The molecule has 2 N–H and O–H groups in total. The molecule has 6 heteroatoms. The van der Waals surface area contributed by atoms with Crippen LogP contribution in [0.25, 0.3) is 0 Å². The van der Waals surface area contributed by atoms with Gasteiger partial charge in [0.15, 0.2) is 0 Å². The summed E-state index contributed by atoms with van der Waals surface area (Å²) in [6.45, 7) is 5.17. The molecule has 3 fully saturated rings. The average Bonchev–Trinajstić information content (AvgIpc) is 3.46. The molecule has 2 saturated carbocycles. The number of rotatable bonds is 6. The van der Waals surface area contributed by atoms with E-state index < -0.39 is 0 Å². The molecule has 23 heavy (non-hydrogen) atoms. The van der Waals surface area contributed by atoms with Gasteiger partial charge >= 0.3 is 6.03 Å². The van der Waals surface area contributed by atoms with Gasteiger partial charge in [-0.25, -0.2) is 9.78 Å². The largest absolute Gasteiger partial charge is 0.338 e. The van der Waals surface area contributed by atoms with Crippen LogP contribution in [0.3, 0.4) is 0 Å². The Morgan fingerprint density at radius 2 is 2.22 bits per heavy atom. The molecule has 0 radical (unpaired) electrons. The fourth-order valence-electron chi connectivity index (χ4n) is 3.56. The molecular weight excluding hydrogens is 308 g/mol. The Kier molecular flexibility index (Phi) is 4.28. The SMILES string of the molecule is Cc1csc([C@H](NC(=O)NC[C@H]2CCN(C3CC3)C2)C2CC2)n1. The molecular formula is C17H26N4OS. The zero-order chi connectivity index (χ0) is 15.8. The highest BCUT2D eigenvalue weighted by Crippen LogP contribution is 2.41. The predicted molar refractivity (Wildman–Crippen MR) is 91.6 cm³/mol. The molecule has 4 rings (SSSR count).